The summed E-state index contributed by atoms with van der Waals surface area (Å²) in [5.74, 6) is 0. The fourth-order valence-electron chi connectivity index (χ4n) is 1.88. The molecule has 18 heavy (non-hydrogen) atoms. The first kappa shape index (κ1) is 12.7. The van der Waals surface area contributed by atoms with Crippen LogP contribution in [0, 0.1) is 20.8 Å². The Kier molecular flexibility index (Phi) is 4.05. The molecular formula is C15H19N3. The van der Waals surface area contributed by atoms with Crippen molar-refractivity contribution in [2.24, 2.45) is 0 Å². The number of benzene rings is 1. The third-order valence-electron chi connectivity index (χ3n) is 2.95. The van der Waals surface area contributed by atoms with E-state index in [9.17, 15) is 0 Å². The van der Waals surface area contributed by atoms with Gasteiger partial charge in [-0.25, -0.2) is 0 Å². The van der Waals surface area contributed by atoms with E-state index in [1.807, 2.05) is 13.1 Å². The van der Waals surface area contributed by atoms with E-state index in [1.165, 1.54) is 16.7 Å². The van der Waals surface area contributed by atoms with Crippen molar-refractivity contribution in [2.75, 3.05) is 0 Å². The summed E-state index contributed by atoms with van der Waals surface area (Å²) in [5.41, 5.74) is 5.90. The maximum absolute atomic E-state index is 4.32. The Morgan fingerprint density at radius 2 is 1.83 bits per heavy atom. The van der Waals surface area contributed by atoms with E-state index in [-0.39, 0.29) is 0 Å². The number of rotatable bonds is 4. The van der Waals surface area contributed by atoms with Crippen LogP contribution in [-0.2, 0) is 13.1 Å². The molecule has 1 heterocycles. The van der Waals surface area contributed by atoms with Crippen molar-refractivity contribution in [3.63, 3.8) is 0 Å². The molecule has 0 saturated heterocycles. The SMILES string of the molecule is Cc1ccc(CNCc2cnc(C)cn2)c(C)c1. The Balaban J connectivity index is 1.90. The van der Waals surface area contributed by atoms with Gasteiger partial charge in [0.05, 0.1) is 11.4 Å². The number of aryl methyl sites for hydroxylation is 3. The van der Waals surface area contributed by atoms with Gasteiger partial charge in [-0.3, -0.25) is 9.97 Å². The number of hydrogen-bond donors (Lipinski definition) is 1. The summed E-state index contributed by atoms with van der Waals surface area (Å²) in [6, 6.07) is 6.54. The minimum atomic E-state index is 0.751. The summed E-state index contributed by atoms with van der Waals surface area (Å²) in [6.45, 7) is 7.82. The Labute approximate surface area is 108 Å². The van der Waals surface area contributed by atoms with Crippen LogP contribution in [0.4, 0.5) is 0 Å². The highest BCUT2D eigenvalue weighted by atomic mass is 14.9. The number of hydrogen-bond acceptors (Lipinski definition) is 3. The third-order valence-corrected chi connectivity index (χ3v) is 2.95. The Hall–Kier alpha value is -1.74. The fourth-order valence-corrected chi connectivity index (χ4v) is 1.88. The van der Waals surface area contributed by atoms with E-state index < -0.39 is 0 Å². The van der Waals surface area contributed by atoms with Crippen LogP contribution in [0.1, 0.15) is 28.1 Å². The highest BCUT2D eigenvalue weighted by molar-refractivity contribution is 5.30. The summed E-state index contributed by atoms with van der Waals surface area (Å²) in [6.07, 6.45) is 3.62. The van der Waals surface area contributed by atoms with Crippen molar-refractivity contribution in [2.45, 2.75) is 33.9 Å². The van der Waals surface area contributed by atoms with E-state index in [0.29, 0.717) is 0 Å². The standard InChI is InChI=1S/C15H19N3/c1-11-4-5-14(12(2)6-11)8-16-9-15-10-17-13(3)7-18-15/h4-7,10,16H,8-9H2,1-3H3. The van der Waals surface area contributed by atoms with Crippen LogP contribution in [0.15, 0.2) is 30.6 Å². The first-order valence-electron chi connectivity index (χ1n) is 6.19. The molecule has 0 spiro atoms. The molecule has 0 aliphatic heterocycles. The van der Waals surface area contributed by atoms with Crippen LogP contribution in [-0.4, -0.2) is 9.97 Å². The van der Waals surface area contributed by atoms with Crippen LogP contribution in [0.3, 0.4) is 0 Å². The molecule has 2 rings (SSSR count). The highest BCUT2D eigenvalue weighted by Gasteiger charge is 1.99. The zero-order chi connectivity index (χ0) is 13.0. The lowest BCUT2D eigenvalue weighted by Crippen LogP contribution is -2.14. The summed E-state index contributed by atoms with van der Waals surface area (Å²) in [5, 5.41) is 3.40. The largest absolute Gasteiger partial charge is 0.307 e. The van der Waals surface area contributed by atoms with Gasteiger partial charge in [0.2, 0.25) is 0 Å². The molecule has 0 aliphatic carbocycles. The summed E-state index contributed by atoms with van der Waals surface area (Å²) in [7, 11) is 0. The molecule has 3 nitrogen and oxygen atoms in total. The average Bonchev–Trinajstić information content (AvgIpc) is 2.34. The lowest BCUT2D eigenvalue weighted by atomic mass is 10.1. The molecule has 94 valence electrons. The van der Waals surface area contributed by atoms with Gasteiger partial charge in [-0.1, -0.05) is 23.8 Å². The van der Waals surface area contributed by atoms with Crippen molar-refractivity contribution in [3.8, 4) is 0 Å². The van der Waals surface area contributed by atoms with Crippen LogP contribution in [0.2, 0.25) is 0 Å². The molecule has 1 aromatic carbocycles. The topological polar surface area (TPSA) is 37.8 Å². The van der Waals surface area contributed by atoms with Gasteiger partial charge in [-0.15, -0.1) is 0 Å². The molecular weight excluding hydrogens is 222 g/mol. The predicted molar refractivity (Wildman–Crippen MR) is 73.2 cm³/mol. The first-order valence-corrected chi connectivity index (χ1v) is 6.19. The summed E-state index contributed by atoms with van der Waals surface area (Å²) >= 11 is 0. The molecule has 0 radical (unpaired) electrons. The lowest BCUT2D eigenvalue weighted by Gasteiger charge is -2.08. The first-order chi connectivity index (χ1) is 8.65. The maximum Gasteiger partial charge on any atom is 0.0724 e. The molecule has 3 heteroatoms. The monoisotopic (exact) mass is 241 g/mol. The van der Waals surface area contributed by atoms with Crippen LogP contribution < -0.4 is 5.32 Å². The van der Waals surface area contributed by atoms with Gasteiger partial charge < -0.3 is 5.32 Å². The zero-order valence-electron chi connectivity index (χ0n) is 11.2. The Morgan fingerprint density at radius 1 is 1.00 bits per heavy atom. The van der Waals surface area contributed by atoms with Crippen LogP contribution in [0.25, 0.3) is 0 Å². The zero-order valence-corrected chi connectivity index (χ0v) is 11.2. The minimum absolute atomic E-state index is 0.751. The van der Waals surface area contributed by atoms with Gasteiger partial charge in [0.25, 0.3) is 0 Å². The maximum atomic E-state index is 4.32. The number of nitrogens with zero attached hydrogens (tertiary/aromatic N) is 2. The lowest BCUT2D eigenvalue weighted by molar-refractivity contribution is 0.673. The van der Waals surface area contributed by atoms with Gasteiger partial charge >= 0.3 is 0 Å². The Morgan fingerprint density at radius 3 is 2.50 bits per heavy atom. The molecule has 0 aliphatic rings. The van der Waals surface area contributed by atoms with Crippen molar-refractivity contribution >= 4 is 0 Å². The minimum Gasteiger partial charge on any atom is -0.307 e. The normalized spacial score (nSPS) is 10.6. The second-order valence-corrected chi connectivity index (χ2v) is 4.68. The third kappa shape index (κ3) is 3.37. The molecule has 0 saturated carbocycles. The van der Waals surface area contributed by atoms with E-state index in [2.05, 4.69) is 47.3 Å². The van der Waals surface area contributed by atoms with Gasteiger partial charge in [-0.05, 0) is 31.9 Å². The van der Waals surface area contributed by atoms with Crippen molar-refractivity contribution < 1.29 is 0 Å². The van der Waals surface area contributed by atoms with E-state index >= 15 is 0 Å². The number of nitrogens with one attached hydrogen (secondary N) is 1. The Bertz CT molecular complexity index is 518. The number of aromatic nitrogens is 2. The molecule has 0 fully saturated rings. The van der Waals surface area contributed by atoms with Gasteiger partial charge in [0, 0.05) is 25.5 Å². The molecule has 0 unspecified atom stereocenters. The van der Waals surface area contributed by atoms with Crippen LogP contribution >= 0.6 is 0 Å². The fraction of sp³-hybridized carbons (Fsp3) is 0.333. The van der Waals surface area contributed by atoms with Gasteiger partial charge in [0.1, 0.15) is 0 Å². The molecule has 2 aromatic rings. The van der Waals surface area contributed by atoms with Gasteiger partial charge in [-0.2, -0.15) is 0 Å². The van der Waals surface area contributed by atoms with Crippen molar-refractivity contribution in [1.29, 1.82) is 0 Å². The highest BCUT2D eigenvalue weighted by Crippen LogP contribution is 2.10. The van der Waals surface area contributed by atoms with E-state index in [1.54, 1.807) is 6.20 Å². The second-order valence-electron chi connectivity index (χ2n) is 4.68. The molecule has 1 aromatic heterocycles. The quantitative estimate of drug-likeness (QED) is 0.894. The van der Waals surface area contributed by atoms with E-state index in [4.69, 9.17) is 0 Å². The molecule has 0 amide bonds. The van der Waals surface area contributed by atoms with Gasteiger partial charge in [0.15, 0.2) is 0 Å². The summed E-state index contributed by atoms with van der Waals surface area (Å²) < 4.78 is 0. The second kappa shape index (κ2) is 5.74. The predicted octanol–water partition coefficient (Wildman–Crippen LogP) is 2.69. The summed E-state index contributed by atoms with van der Waals surface area (Å²) in [4.78, 5) is 8.55. The average molecular weight is 241 g/mol. The van der Waals surface area contributed by atoms with Crippen molar-refractivity contribution in [3.05, 3.63) is 58.7 Å². The van der Waals surface area contributed by atoms with E-state index in [0.717, 1.165) is 24.5 Å². The van der Waals surface area contributed by atoms with Crippen LogP contribution in [0.5, 0.6) is 0 Å². The van der Waals surface area contributed by atoms with Crippen molar-refractivity contribution in [1.82, 2.24) is 15.3 Å². The smallest absolute Gasteiger partial charge is 0.0724 e. The molecule has 0 bridgehead atoms. The molecule has 0 atom stereocenters. The molecule has 1 N–H and O–H groups in total.